The number of nitro groups is 1. The van der Waals surface area contributed by atoms with Crippen LogP contribution in [-0.2, 0) is 11.2 Å². The van der Waals surface area contributed by atoms with E-state index in [0.717, 1.165) is 6.20 Å². The number of aliphatic carboxylic acids is 1. The van der Waals surface area contributed by atoms with Crippen LogP contribution in [0.15, 0.2) is 6.20 Å². The molecule has 1 aromatic heterocycles. The van der Waals surface area contributed by atoms with Crippen LogP contribution in [0.25, 0.3) is 0 Å². The van der Waals surface area contributed by atoms with Gasteiger partial charge in [0.05, 0.1) is 11.3 Å². The van der Waals surface area contributed by atoms with Gasteiger partial charge in [0.1, 0.15) is 0 Å². The first-order valence-electron chi connectivity index (χ1n) is 4.41. The quantitative estimate of drug-likeness (QED) is 0.365. The zero-order chi connectivity index (χ0) is 14.8. The van der Waals surface area contributed by atoms with Gasteiger partial charge >= 0.3 is 18.0 Å². The molecule has 1 heterocycles. The molecule has 1 aromatic rings. The second-order valence-electron chi connectivity index (χ2n) is 3.13. The summed E-state index contributed by atoms with van der Waals surface area (Å²) >= 11 is 1.36. The van der Waals surface area contributed by atoms with Crippen LogP contribution in [0.4, 0.5) is 18.9 Å². The van der Waals surface area contributed by atoms with Crippen LogP contribution in [0, 0.1) is 13.8 Å². The molecule has 104 valence electrons. The fourth-order valence-electron chi connectivity index (χ4n) is 1.18. The van der Waals surface area contributed by atoms with E-state index in [0.29, 0.717) is 0 Å². The minimum atomic E-state index is -5.18. The Balaban J connectivity index is 3.44. The number of halogens is 4. The number of hydrogen-bond donors (Lipinski definition) is 1. The molecule has 0 aliphatic carbocycles. The van der Waals surface area contributed by atoms with Crippen molar-refractivity contribution in [1.29, 1.82) is 0 Å². The van der Waals surface area contributed by atoms with Crippen LogP contribution in [0.2, 0.25) is 0 Å². The minimum absolute atomic E-state index is 0.337. The Morgan fingerprint density at radius 2 is 2.16 bits per heavy atom. The largest absolute Gasteiger partial charge is 0.573 e. The zero-order valence-electron chi connectivity index (χ0n) is 8.77. The van der Waals surface area contributed by atoms with E-state index < -0.39 is 40.7 Å². The van der Waals surface area contributed by atoms with Crippen LogP contribution in [-0.4, -0.2) is 27.3 Å². The summed E-state index contributed by atoms with van der Waals surface area (Å²) in [5.41, 5.74) is -1.55. The first-order valence-corrected chi connectivity index (χ1v) is 5.49. The average Bonchev–Trinajstić information content (AvgIpc) is 2.18. The van der Waals surface area contributed by atoms with Gasteiger partial charge in [-0.2, -0.15) is 0 Å². The number of hydrogen-bond acceptors (Lipinski definition) is 5. The maximum absolute atomic E-state index is 12.2. The van der Waals surface area contributed by atoms with Crippen LogP contribution in [0.1, 0.15) is 5.56 Å². The summed E-state index contributed by atoms with van der Waals surface area (Å²) in [4.78, 5) is 23.6. The summed E-state index contributed by atoms with van der Waals surface area (Å²) in [7, 11) is 0. The van der Waals surface area contributed by atoms with E-state index in [9.17, 15) is 28.1 Å². The highest BCUT2D eigenvalue weighted by molar-refractivity contribution is 14.1. The van der Waals surface area contributed by atoms with E-state index in [2.05, 4.69) is 9.72 Å². The number of aromatic nitrogens is 1. The third-order valence-corrected chi connectivity index (χ3v) is 2.57. The zero-order valence-corrected chi connectivity index (χ0v) is 10.9. The summed E-state index contributed by atoms with van der Waals surface area (Å²) in [6, 6.07) is 0. The van der Waals surface area contributed by atoms with Crippen molar-refractivity contribution in [1.82, 2.24) is 4.98 Å². The van der Waals surface area contributed by atoms with E-state index >= 15 is 0 Å². The Morgan fingerprint density at radius 3 is 2.58 bits per heavy atom. The second-order valence-corrected chi connectivity index (χ2v) is 4.15. The molecule has 1 N–H and O–H groups in total. The Hall–Kier alpha value is -1.66. The Labute approximate surface area is 116 Å². The summed E-state index contributed by atoms with van der Waals surface area (Å²) in [6.07, 6.45) is -5.26. The van der Waals surface area contributed by atoms with Crippen LogP contribution in [0.5, 0.6) is 5.75 Å². The molecule has 0 aliphatic heterocycles. The summed E-state index contributed by atoms with van der Waals surface area (Å²) in [6.45, 7) is 0. The van der Waals surface area contributed by atoms with E-state index in [1.54, 1.807) is 0 Å². The molecule has 0 amide bonds. The molecule has 0 radical (unpaired) electrons. The van der Waals surface area contributed by atoms with Crippen LogP contribution in [0.3, 0.4) is 0 Å². The molecule has 0 atom stereocenters. The number of carboxylic acids is 1. The molecule has 0 unspecified atom stereocenters. The lowest BCUT2D eigenvalue weighted by Crippen LogP contribution is -2.20. The Kier molecular flexibility index (Phi) is 4.49. The fourth-order valence-corrected chi connectivity index (χ4v) is 1.76. The first kappa shape index (κ1) is 15.4. The molecule has 0 fully saturated rings. The normalized spacial score (nSPS) is 11.2. The van der Waals surface area contributed by atoms with Gasteiger partial charge in [-0.3, -0.25) is 14.9 Å². The summed E-state index contributed by atoms with van der Waals surface area (Å²) in [5.74, 6) is -2.62. The molecule has 1 rings (SSSR count). The molecule has 0 aromatic carbocycles. The lowest BCUT2D eigenvalue weighted by molar-refractivity contribution is -0.390. The van der Waals surface area contributed by atoms with Crippen LogP contribution < -0.4 is 4.74 Å². The van der Waals surface area contributed by atoms with E-state index in [1.807, 2.05) is 0 Å². The molecular weight excluding hydrogens is 388 g/mol. The second kappa shape index (κ2) is 5.54. The Bertz CT molecular complexity index is 534. The summed E-state index contributed by atoms with van der Waals surface area (Å²) in [5, 5.41) is 19.3. The van der Waals surface area contributed by atoms with Gasteiger partial charge in [0.15, 0.2) is 3.70 Å². The smallest absolute Gasteiger partial charge is 0.481 e. The first-order chi connectivity index (χ1) is 8.61. The van der Waals surface area contributed by atoms with Crippen molar-refractivity contribution in [2.45, 2.75) is 12.8 Å². The topological polar surface area (TPSA) is 103 Å². The third kappa shape index (κ3) is 4.18. The van der Waals surface area contributed by atoms with Crippen molar-refractivity contribution in [3.63, 3.8) is 0 Å². The number of ether oxygens (including phenoxy) is 1. The van der Waals surface area contributed by atoms with Crippen molar-refractivity contribution in [3.05, 3.63) is 25.6 Å². The molecule has 0 saturated carbocycles. The van der Waals surface area contributed by atoms with Gasteiger partial charge in [-0.25, -0.2) is 4.98 Å². The van der Waals surface area contributed by atoms with Gasteiger partial charge in [-0.1, -0.05) is 0 Å². The van der Waals surface area contributed by atoms with Gasteiger partial charge in [-0.05, 0) is 22.6 Å². The molecule has 0 bridgehead atoms. The molecule has 0 saturated heterocycles. The van der Waals surface area contributed by atoms with Crippen molar-refractivity contribution < 1.29 is 32.7 Å². The summed E-state index contributed by atoms with van der Waals surface area (Å²) < 4.78 is 39.9. The highest BCUT2D eigenvalue weighted by Gasteiger charge is 2.37. The number of carbonyl (C=O) groups is 1. The number of carboxylic acid groups (broad SMARTS) is 1. The molecule has 0 aliphatic rings. The van der Waals surface area contributed by atoms with Gasteiger partial charge in [0.2, 0.25) is 5.75 Å². The van der Waals surface area contributed by atoms with Crippen LogP contribution >= 0.6 is 22.6 Å². The maximum Gasteiger partial charge on any atom is 0.573 e. The molecule has 7 nitrogen and oxygen atoms in total. The fraction of sp³-hybridized carbons (Fsp3) is 0.250. The monoisotopic (exact) mass is 392 g/mol. The maximum atomic E-state index is 12.2. The SMILES string of the molecule is O=C(O)Cc1cnc(I)c([N+](=O)[O-])c1OC(F)(F)F. The lowest BCUT2D eigenvalue weighted by atomic mass is 10.2. The van der Waals surface area contributed by atoms with E-state index in [-0.39, 0.29) is 3.70 Å². The van der Waals surface area contributed by atoms with Crippen molar-refractivity contribution in [2.75, 3.05) is 0 Å². The van der Waals surface area contributed by atoms with Gasteiger partial charge in [-0.15, -0.1) is 13.2 Å². The van der Waals surface area contributed by atoms with E-state index in [4.69, 9.17) is 5.11 Å². The predicted molar refractivity (Wildman–Crippen MR) is 61.6 cm³/mol. The van der Waals surface area contributed by atoms with Crippen molar-refractivity contribution in [3.8, 4) is 5.75 Å². The van der Waals surface area contributed by atoms with Crippen molar-refractivity contribution in [2.24, 2.45) is 0 Å². The minimum Gasteiger partial charge on any atom is -0.481 e. The highest BCUT2D eigenvalue weighted by Crippen LogP contribution is 2.37. The number of nitrogens with zero attached hydrogens (tertiary/aromatic N) is 2. The predicted octanol–water partition coefficient (Wildman–Crippen LogP) is 2.12. The van der Waals surface area contributed by atoms with Gasteiger partial charge in [0.25, 0.3) is 0 Å². The molecular formula is C8H4F3IN2O5. The Morgan fingerprint density at radius 1 is 1.58 bits per heavy atom. The number of pyridine rings is 1. The third-order valence-electron chi connectivity index (χ3n) is 1.78. The molecule has 19 heavy (non-hydrogen) atoms. The molecule has 0 spiro atoms. The highest BCUT2D eigenvalue weighted by atomic mass is 127. The standard InChI is InChI=1S/C8H4F3IN2O5/c9-8(10,11)19-6-3(1-4(15)16)2-13-7(12)5(6)14(17)18/h2H,1H2,(H,15,16). The molecule has 11 heteroatoms. The van der Waals surface area contributed by atoms with E-state index in [1.165, 1.54) is 22.6 Å². The number of rotatable bonds is 4. The number of alkyl halides is 3. The average molecular weight is 392 g/mol. The van der Waals surface area contributed by atoms with Crippen molar-refractivity contribution >= 4 is 34.2 Å². The van der Waals surface area contributed by atoms with Gasteiger partial charge in [0, 0.05) is 11.8 Å². The lowest BCUT2D eigenvalue weighted by Gasteiger charge is -2.12. The van der Waals surface area contributed by atoms with Gasteiger partial charge < -0.3 is 9.84 Å².